The molecule has 0 saturated carbocycles. The first kappa shape index (κ1) is 26.4. The molecule has 2 bridgehead atoms. The van der Waals surface area contributed by atoms with Crippen molar-refractivity contribution in [2.24, 2.45) is 0 Å². The van der Waals surface area contributed by atoms with Crippen LogP contribution in [0, 0.1) is 11.3 Å². The number of nitriles is 1. The fraction of sp³-hybridized carbons (Fsp3) is 0.583. The van der Waals surface area contributed by atoms with E-state index in [1.165, 1.54) is 6.92 Å². The van der Waals surface area contributed by atoms with E-state index in [2.05, 4.69) is 32.0 Å². The Morgan fingerprint density at radius 2 is 2.03 bits per heavy atom. The van der Waals surface area contributed by atoms with Crippen LogP contribution in [0.3, 0.4) is 0 Å². The van der Waals surface area contributed by atoms with Gasteiger partial charge in [-0.05, 0) is 43.1 Å². The highest BCUT2D eigenvalue weighted by Gasteiger charge is 2.48. The largest absolute Gasteiger partial charge is 0.444 e. The van der Waals surface area contributed by atoms with Gasteiger partial charge in [0, 0.05) is 28.7 Å². The van der Waals surface area contributed by atoms with Gasteiger partial charge in [0.2, 0.25) is 15.0 Å². The number of carbonyl (C=O) groups is 1. The Bertz CT molecular complexity index is 1450. The van der Waals surface area contributed by atoms with Crippen molar-refractivity contribution in [1.82, 2.24) is 14.9 Å². The number of likely N-dealkylation sites (tertiary alicyclic amines) is 1. The number of benzene rings is 1. The average Bonchev–Trinajstić information content (AvgIpc) is 3.55. The van der Waals surface area contributed by atoms with Gasteiger partial charge < -0.3 is 19.3 Å². The molecular weight excluding hydrogens is 586 g/mol. The fourth-order valence-corrected chi connectivity index (χ4v) is 6.78. The summed E-state index contributed by atoms with van der Waals surface area (Å²) in [7, 11) is -3.76. The highest BCUT2D eigenvalue weighted by atomic mass is 79.9. The molecule has 5 rings (SSSR count). The molecule has 3 aliphatic rings. The summed E-state index contributed by atoms with van der Waals surface area (Å²) in [6.07, 6.45) is -0.0734. The minimum atomic E-state index is -3.76. The summed E-state index contributed by atoms with van der Waals surface area (Å²) < 4.78 is 37.9. The lowest BCUT2D eigenvalue weighted by Crippen LogP contribution is -2.50. The van der Waals surface area contributed by atoms with Crippen LogP contribution >= 0.6 is 27.5 Å². The number of carbonyl (C=O) groups excluding carboxylic acids is 1. The first-order valence-corrected chi connectivity index (χ1v) is 14.9. The molecule has 1 aromatic carbocycles. The molecule has 0 radical (unpaired) electrons. The lowest BCUT2D eigenvalue weighted by Gasteiger charge is -2.36. The van der Waals surface area contributed by atoms with E-state index in [1.54, 1.807) is 4.90 Å². The van der Waals surface area contributed by atoms with Crippen LogP contribution < -0.4 is 4.90 Å². The van der Waals surface area contributed by atoms with Gasteiger partial charge >= 0.3 is 6.09 Å². The molecule has 1 amide bonds. The van der Waals surface area contributed by atoms with Crippen molar-refractivity contribution >= 4 is 60.2 Å². The predicted octanol–water partition coefficient (Wildman–Crippen LogP) is 4.52. The van der Waals surface area contributed by atoms with Crippen LogP contribution in [0.4, 0.5) is 10.6 Å². The zero-order valence-corrected chi connectivity index (χ0v) is 24.1. The van der Waals surface area contributed by atoms with Crippen LogP contribution in [-0.4, -0.2) is 65.9 Å². The minimum absolute atomic E-state index is 0.0948. The normalized spacial score (nSPS) is 23.0. The van der Waals surface area contributed by atoms with E-state index in [4.69, 9.17) is 21.1 Å². The summed E-state index contributed by atoms with van der Waals surface area (Å²) in [5, 5.41) is 9.98. The van der Waals surface area contributed by atoms with E-state index in [0.29, 0.717) is 40.7 Å². The van der Waals surface area contributed by atoms with E-state index in [0.717, 1.165) is 11.1 Å². The number of rotatable bonds is 4. The third kappa shape index (κ3) is 4.43. The van der Waals surface area contributed by atoms with Crippen molar-refractivity contribution in [3.63, 3.8) is 0 Å². The molecule has 3 atom stereocenters. The molecule has 0 aliphatic carbocycles. The molecule has 0 N–H and O–H groups in total. The number of ether oxygens (including phenoxy) is 2. The van der Waals surface area contributed by atoms with Crippen LogP contribution in [0.25, 0.3) is 10.9 Å². The Labute approximate surface area is 228 Å². The van der Waals surface area contributed by atoms with Crippen molar-refractivity contribution < 1.29 is 22.7 Å². The van der Waals surface area contributed by atoms with Gasteiger partial charge in [0.25, 0.3) is 0 Å². The number of nitrogens with zero attached hydrogens (tertiary/aromatic N) is 5. The lowest BCUT2D eigenvalue weighted by atomic mass is 9.97. The van der Waals surface area contributed by atoms with Crippen molar-refractivity contribution in [2.45, 2.75) is 76.1 Å². The smallest absolute Gasteiger partial charge is 0.410 e. The maximum absolute atomic E-state index is 12.9. The second-order valence-corrected chi connectivity index (χ2v) is 13.8. The minimum Gasteiger partial charge on any atom is -0.444 e. The second kappa shape index (κ2) is 9.22. The summed E-state index contributed by atoms with van der Waals surface area (Å²) in [5.74, 6) is 0.271. The number of fused-ring (bicyclic) bond motifs is 5. The molecule has 1 aromatic heterocycles. The lowest BCUT2D eigenvalue weighted by molar-refractivity contribution is 0.0214. The summed E-state index contributed by atoms with van der Waals surface area (Å²) >= 11 is 10.3. The van der Waals surface area contributed by atoms with Gasteiger partial charge in [0.15, 0.2) is 0 Å². The number of amides is 1. The maximum Gasteiger partial charge on any atom is 0.410 e. The fourth-order valence-electron chi connectivity index (χ4n) is 5.30. The SMILES string of the molecule is CCS(=O)(=O)c1nc(N2C[C@H]3C[C@@H]2CN3C(=O)OC(C)(C)C)c2c3c(c(Br)c(Cl)c2n1)COC3CC#N. The van der Waals surface area contributed by atoms with Crippen LogP contribution in [0.2, 0.25) is 5.02 Å². The van der Waals surface area contributed by atoms with Crippen LogP contribution in [-0.2, 0) is 25.9 Å². The Balaban J connectivity index is 1.66. The number of sulfone groups is 1. The molecule has 10 nitrogen and oxygen atoms in total. The van der Waals surface area contributed by atoms with Crippen molar-refractivity contribution in [3.8, 4) is 6.07 Å². The topological polar surface area (TPSA) is 126 Å². The number of piperazine rings is 1. The van der Waals surface area contributed by atoms with Crippen LogP contribution in [0.5, 0.6) is 0 Å². The van der Waals surface area contributed by atoms with Gasteiger partial charge in [-0.1, -0.05) is 18.5 Å². The Kier molecular flexibility index (Phi) is 6.58. The van der Waals surface area contributed by atoms with Gasteiger partial charge in [0.05, 0.1) is 59.0 Å². The number of halogens is 2. The summed E-state index contributed by atoms with van der Waals surface area (Å²) in [6, 6.07) is 1.96. The molecule has 2 fully saturated rings. The van der Waals surface area contributed by atoms with Gasteiger partial charge in [0.1, 0.15) is 11.4 Å². The molecule has 198 valence electrons. The van der Waals surface area contributed by atoms with E-state index in [1.807, 2.05) is 25.7 Å². The van der Waals surface area contributed by atoms with Gasteiger partial charge in [-0.25, -0.2) is 23.2 Å². The summed E-state index contributed by atoms with van der Waals surface area (Å²) in [4.78, 5) is 25.6. The standard InChI is InChI=1S/C24H27BrClN5O5S/c1-5-37(33,34)22-28-20-17(16-14(18(25)19(20)26)11-35-15(16)6-7-27)21(29-22)30-9-13-8-12(30)10-31(13)23(32)36-24(2,3)4/h12-13,15H,5-6,8-11H2,1-4H3/t12-,13-,15?/m1/s1. The quantitative estimate of drug-likeness (QED) is 0.458. The maximum atomic E-state index is 12.9. The van der Waals surface area contributed by atoms with E-state index in [-0.39, 0.29) is 47.1 Å². The average molecular weight is 613 g/mol. The van der Waals surface area contributed by atoms with Crippen molar-refractivity contribution in [2.75, 3.05) is 23.7 Å². The monoisotopic (exact) mass is 611 g/mol. The number of hydrogen-bond donors (Lipinski definition) is 0. The van der Waals surface area contributed by atoms with Crippen molar-refractivity contribution in [1.29, 1.82) is 5.26 Å². The molecule has 37 heavy (non-hydrogen) atoms. The predicted molar refractivity (Wildman–Crippen MR) is 140 cm³/mol. The van der Waals surface area contributed by atoms with E-state index < -0.39 is 21.5 Å². The Morgan fingerprint density at radius 1 is 1.30 bits per heavy atom. The third-order valence-corrected chi connectivity index (χ3v) is 9.93. The molecule has 0 spiro atoms. The van der Waals surface area contributed by atoms with Gasteiger partial charge in [-0.2, -0.15) is 5.26 Å². The van der Waals surface area contributed by atoms with Gasteiger partial charge in [-0.15, -0.1) is 0 Å². The second-order valence-electron chi connectivity index (χ2n) is 10.5. The molecule has 2 saturated heterocycles. The molecule has 2 aromatic rings. The van der Waals surface area contributed by atoms with Crippen LogP contribution in [0.1, 0.15) is 57.8 Å². The number of hydrogen-bond acceptors (Lipinski definition) is 9. The first-order valence-electron chi connectivity index (χ1n) is 12.0. The highest BCUT2D eigenvalue weighted by molar-refractivity contribution is 9.10. The zero-order valence-electron chi connectivity index (χ0n) is 20.9. The summed E-state index contributed by atoms with van der Waals surface area (Å²) in [5.41, 5.74) is 1.23. The van der Waals surface area contributed by atoms with E-state index >= 15 is 0 Å². The molecule has 1 unspecified atom stereocenters. The summed E-state index contributed by atoms with van der Waals surface area (Å²) in [6.45, 7) is 8.16. The molecule has 3 aliphatic heterocycles. The number of aromatic nitrogens is 2. The third-order valence-electron chi connectivity index (χ3n) is 6.96. The number of anilines is 1. The molecular formula is C24H27BrClN5O5S. The molecule has 4 heterocycles. The Hall–Kier alpha value is -2.20. The first-order chi connectivity index (χ1) is 17.4. The van der Waals surface area contributed by atoms with Gasteiger partial charge in [-0.3, -0.25) is 0 Å². The molecule has 13 heteroatoms. The van der Waals surface area contributed by atoms with Crippen molar-refractivity contribution in [3.05, 3.63) is 20.6 Å². The Morgan fingerprint density at radius 3 is 2.62 bits per heavy atom. The van der Waals surface area contributed by atoms with Crippen LogP contribution in [0.15, 0.2) is 9.63 Å². The highest BCUT2D eigenvalue weighted by Crippen LogP contribution is 2.49. The van der Waals surface area contributed by atoms with E-state index in [9.17, 15) is 18.5 Å². The zero-order chi connectivity index (χ0) is 26.9.